The van der Waals surface area contributed by atoms with Crippen LogP contribution in [0.25, 0.3) is 10.8 Å². The Hall–Kier alpha value is -1.62. The fraction of sp³-hybridized carbons (Fsp3) is 0.524. The van der Waals surface area contributed by atoms with Crippen molar-refractivity contribution in [3.05, 3.63) is 42.0 Å². The van der Waals surface area contributed by atoms with Crippen molar-refractivity contribution in [1.82, 2.24) is 14.7 Å². The monoisotopic (exact) mass is 339 g/mol. The van der Waals surface area contributed by atoms with Gasteiger partial charge in [-0.3, -0.25) is 9.80 Å². The van der Waals surface area contributed by atoms with Gasteiger partial charge in [0.25, 0.3) is 0 Å². The lowest BCUT2D eigenvalue weighted by Gasteiger charge is -2.42. The molecule has 1 N–H and O–H groups in total. The smallest absolute Gasteiger partial charge is 0.116 e. The van der Waals surface area contributed by atoms with Gasteiger partial charge in [0, 0.05) is 38.8 Å². The first-order valence-electron chi connectivity index (χ1n) is 9.54. The molecule has 2 aromatic rings. The lowest BCUT2D eigenvalue weighted by molar-refractivity contribution is 0.0618. The second-order valence-corrected chi connectivity index (χ2v) is 7.71. The summed E-state index contributed by atoms with van der Waals surface area (Å²) in [6, 6.07) is 13.0. The molecule has 2 aliphatic rings. The van der Waals surface area contributed by atoms with E-state index in [1.54, 1.807) is 6.07 Å². The minimum absolute atomic E-state index is 0.338. The maximum absolute atomic E-state index is 9.59. The van der Waals surface area contributed by atoms with Gasteiger partial charge in [0.1, 0.15) is 5.75 Å². The highest BCUT2D eigenvalue weighted by molar-refractivity contribution is 5.84. The molecule has 4 heteroatoms. The second-order valence-electron chi connectivity index (χ2n) is 7.71. The summed E-state index contributed by atoms with van der Waals surface area (Å²) in [5.74, 6) is 0.338. The van der Waals surface area contributed by atoms with E-state index in [0.717, 1.165) is 18.0 Å². The number of aromatic hydroxyl groups is 1. The first kappa shape index (κ1) is 16.8. The summed E-state index contributed by atoms with van der Waals surface area (Å²) in [7, 11) is 2.24. The predicted molar refractivity (Wildman–Crippen MR) is 103 cm³/mol. The van der Waals surface area contributed by atoms with E-state index in [0.29, 0.717) is 5.75 Å². The van der Waals surface area contributed by atoms with Gasteiger partial charge in [0.15, 0.2) is 0 Å². The van der Waals surface area contributed by atoms with Crippen molar-refractivity contribution in [3.63, 3.8) is 0 Å². The van der Waals surface area contributed by atoms with Crippen LogP contribution in [-0.2, 0) is 6.54 Å². The van der Waals surface area contributed by atoms with Crippen molar-refractivity contribution < 1.29 is 5.11 Å². The largest absolute Gasteiger partial charge is 0.508 e. The minimum atomic E-state index is 0.338. The molecule has 0 saturated carbocycles. The summed E-state index contributed by atoms with van der Waals surface area (Å²) in [4.78, 5) is 7.74. The third-order valence-electron chi connectivity index (χ3n) is 5.91. The Labute approximate surface area is 150 Å². The maximum atomic E-state index is 9.59. The molecule has 4 rings (SSSR count). The van der Waals surface area contributed by atoms with Gasteiger partial charge in [0.2, 0.25) is 0 Å². The van der Waals surface area contributed by atoms with Crippen molar-refractivity contribution in [2.75, 3.05) is 46.3 Å². The Morgan fingerprint density at radius 1 is 0.880 bits per heavy atom. The molecule has 2 fully saturated rings. The molecule has 0 atom stereocenters. The Balaban J connectivity index is 1.33. The van der Waals surface area contributed by atoms with Crippen LogP contribution in [0.1, 0.15) is 18.4 Å². The van der Waals surface area contributed by atoms with E-state index < -0.39 is 0 Å². The van der Waals surface area contributed by atoms with E-state index in [1.165, 1.54) is 63.1 Å². The van der Waals surface area contributed by atoms with Crippen molar-refractivity contribution in [3.8, 4) is 5.75 Å². The van der Waals surface area contributed by atoms with E-state index in [1.807, 2.05) is 12.1 Å². The Morgan fingerprint density at radius 2 is 1.56 bits per heavy atom. The first-order chi connectivity index (χ1) is 12.2. The molecule has 2 saturated heterocycles. The summed E-state index contributed by atoms with van der Waals surface area (Å²) in [5, 5.41) is 11.9. The third kappa shape index (κ3) is 3.97. The molecule has 4 nitrogen and oxygen atoms in total. The highest BCUT2D eigenvalue weighted by atomic mass is 16.3. The van der Waals surface area contributed by atoms with Crippen LogP contribution in [-0.4, -0.2) is 72.2 Å². The van der Waals surface area contributed by atoms with E-state index in [4.69, 9.17) is 0 Å². The van der Waals surface area contributed by atoms with Crippen molar-refractivity contribution in [2.24, 2.45) is 0 Å². The molecule has 134 valence electrons. The number of rotatable bonds is 3. The number of hydrogen-bond donors (Lipinski definition) is 1. The summed E-state index contributed by atoms with van der Waals surface area (Å²) >= 11 is 0. The summed E-state index contributed by atoms with van der Waals surface area (Å²) in [6.45, 7) is 8.26. The van der Waals surface area contributed by atoms with Gasteiger partial charge in [-0.2, -0.15) is 0 Å². The van der Waals surface area contributed by atoms with Gasteiger partial charge in [0.05, 0.1) is 0 Å². The van der Waals surface area contributed by atoms with Crippen molar-refractivity contribution >= 4 is 10.8 Å². The normalized spacial score (nSPS) is 21.8. The van der Waals surface area contributed by atoms with Crippen LogP contribution < -0.4 is 0 Å². The number of benzene rings is 2. The fourth-order valence-corrected chi connectivity index (χ4v) is 4.29. The quantitative estimate of drug-likeness (QED) is 0.931. The number of phenols is 1. The number of fused-ring (bicyclic) bond motifs is 1. The van der Waals surface area contributed by atoms with Crippen LogP contribution in [0.3, 0.4) is 0 Å². The SMILES string of the molecule is CN1CCC(N2CCN(Cc3ccc4cc(O)ccc4c3)CC2)CC1. The molecular weight excluding hydrogens is 310 g/mol. The highest BCUT2D eigenvalue weighted by Crippen LogP contribution is 2.23. The molecule has 0 aliphatic carbocycles. The van der Waals surface area contributed by atoms with E-state index in [2.05, 4.69) is 39.9 Å². The van der Waals surface area contributed by atoms with Gasteiger partial charge in [-0.15, -0.1) is 0 Å². The first-order valence-corrected chi connectivity index (χ1v) is 9.54. The number of piperazine rings is 1. The zero-order valence-electron chi connectivity index (χ0n) is 15.2. The Bertz CT molecular complexity index is 716. The van der Waals surface area contributed by atoms with Gasteiger partial charge < -0.3 is 10.0 Å². The number of nitrogens with zero attached hydrogens (tertiary/aromatic N) is 3. The van der Waals surface area contributed by atoms with Crippen LogP contribution >= 0.6 is 0 Å². The zero-order chi connectivity index (χ0) is 17.2. The summed E-state index contributed by atoms with van der Waals surface area (Å²) in [5.41, 5.74) is 1.37. The van der Waals surface area contributed by atoms with Crippen LogP contribution in [0.4, 0.5) is 0 Å². The molecule has 0 aromatic heterocycles. The van der Waals surface area contributed by atoms with Gasteiger partial charge in [-0.1, -0.05) is 18.2 Å². The third-order valence-corrected chi connectivity index (χ3v) is 5.91. The van der Waals surface area contributed by atoms with Gasteiger partial charge in [-0.05, 0) is 67.5 Å². The number of hydrogen-bond acceptors (Lipinski definition) is 4. The highest BCUT2D eigenvalue weighted by Gasteiger charge is 2.26. The maximum Gasteiger partial charge on any atom is 0.116 e. The van der Waals surface area contributed by atoms with Gasteiger partial charge >= 0.3 is 0 Å². The van der Waals surface area contributed by atoms with Crippen LogP contribution in [0.5, 0.6) is 5.75 Å². The molecule has 0 unspecified atom stereocenters. The lowest BCUT2D eigenvalue weighted by atomic mass is 10.0. The number of phenolic OH excluding ortho intramolecular Hbond substituents is 1. The van der Waals surface area contributed by atoms with Crippen LogP contribution in [0.15, 0.2) is 36.4 Å². The molecule has 2 heterocycles. The van der Waals surface area contributed by atoms with E-state index in [9.17, 15) is 5.11 Å². The summed E-state index contributed by atoms with van der Waals surface area (Å²) in [6.07, 6.45) is 2.65. The molecule has 2 aromatic carbocycles. The van der Waals surface area contributed by atoms with Crippen molar-refractivity contribution in [2.45, 2.75) is 25.4 Å². The van der Waals surface area contributed by atoms with E-state index >= 15 is 0 Å². The predicted octanol–water partition coefficient (Wildman–Crippen LogP) is 2.76. The average Bonchev–Trinajstić information content (AvgIpc) is 2.63. The topological polar surface area (TPSA) is 30.0 Å². The number of likely N-dealkylation sites (tertiary alicyclic amines) is 1. The molecule has 0 radical (unpaired) electrons. The van der Waals surface area contributed by atoms with Crippen molar-refractivity contribution in [1.29, 1.82) is 0 Å². The van der Waals surface area contributed by atoms with Gasteiger partial charge in [-0.25, -0.2) is 0 Å². The lowest BCUT2D eigenvalue weighted by Crippen LogP contribution is -2.52. The zero-order valence-corrected chi connectivity index (χ0v) is 15.2. The fourth-order valence-electron chi connectivity index (χ4n) is 4.29. The summed E-state index contributed by atoms with van der Waals surface area (Å²) < 4.78 is 0. The molecule has 2 aliphatic heterocycles. The van der Waals surface area contributed by atoms with E-state index in [-0.39, 0.29) is 0 Å². The Morgan fingerprint density at radius 3 is 2.32 bits per heavy atom. The molecule has 0 bridgehead atoms. The Kier molecular flexibility index (Phi) is 4.93. The van der Waals surface area contributed by atoms with Crippen LogP contribution in [0.2, 0.25) is 0 Å². The molecule has 0 amide bonds. The second kappa shape index (κ2) is 7.32. The molecule has 0 spiro atoms. The molecule has 25 heavy (non-hydrogen) atoms. The minimum Gasteiger partial charge on any atom is -0.508 e. The number of piperidine rings is 1. The van der Waals surface area contributed by atoms with Crippen LogP contribution in [0, 0.1) is 0 Å². The average molecular weight is 339 g/mol. The standard InChI is InChI=1S/C21H29N3O/c1-22-8-6-20(7-9-22)24-12-10-23(11-13-24)16-17-2-3-19-15-21(25)5-4-18(19)14-17/h2-5,14-15,20,25H,6-13,16H2,1H3. The molecular formula is C21H29N3O.